The van der Waals surface area contributed by atoms with Crippen LogP contribution in [0, 0.1) is 0 Å². The second kappa shape index (κ2) is 44.7. The second-order valence-corrected chi connectivity index (χ2v) is 19.0. The lowest BCUT2D eigenvalue weighted by Crippen LogP contribution is -2.51. The summed E-state index contributed by atoms with van der Waals surface area (Å²) in [6, 6.07) is -1.08. The van der Waals surface area contributed by atoms with Crippen LogP contribution in [0.2, 0.25) is 0 Å². The number of allylic oxidation sites excluding steroid dienone is 20. The SMILES string of the molecule is CC/C=C\C/C=C\C/C=C\C/C=C\C/C=C\C/C=C\C/C=C\C/C=C\CCCCCCC(=O)NC(COP(=O)(O)OCC[N+](C)(C)C)C(O)C(O)CCC/C=C/CC/C=C/CCCCC. The number of phosphoric ester groups is 1. The number of phosphoric acid groups is 1. The molecule has 0 aromatic carbocycles. The largest absolute Gasteiger partial charge is 0.472 e. The third-order valence-corrected chi connectivity index (χ3v) is 11.2. The lowest BCUT2D eigenvalue weighted by molar-refractivity contribution is -0.870. The van der Waals surface area contributed by atoms with Gasteiger partial charge in [0.15, 0.2) is 0 Å². The Labute approximate surface area is 397 Å². The molecule has 0 fully saturated rings. The van der Waals surface area contributed by atoms with Gasteiger partial charge in [0.1, 0.15) is 19.3 Å². The Kier molecular flexibility index (Phi) is 42.5. The molecule has 0 aromatic rings. The quantitative estimate of drug-likeness (QED) is 0.0208. The minimum absolute atomic E-state index is 0.000808. The maximum Gasteiger partial charge on any atom is 0.472 e. The molecule has 370 valence electrons. The highest BCUT2D eigenvalue weighted by Crippen LogP contribution is 2.43. The van der Waals surface area contributed by atoms with Crippen molar-refractivity contribution >= 4 is 13.7 Å². The molecule has 1 amide bonds. The van der Waals surface area contributed by atoms with Gasteiger partial charge in [-0.3, -0.25) is 13.8 Å². The number of nitrogens with one attached hydrogen (secondary N) is 1. The molecular weight excluding hydrogens is 832 g/mol. The van der Waals surface area contributed by atoms with E-state index < -0.39 is 32.7 Å². The molecule has 0 heterocycles. The van der Waals surface area contributed by atoms with Crippen molar-refractivity contribution in [1.29, 1.82) is 0 Å². The molecule has 4 N–H and O–H groups in total. The van der Waals surface area contributed by atoms with Gasteiger partial charge in [0, 0.05) is 6.42 Å². The minimum Gasteiger partial charge on any atom is -0.390 e. The number of aliphatic hydroxyl groups excluding tert-OH is 2. The molecule has 0 rings (SSSR count). The van der Waals surface area contributed by atoms with Crippen LogP contribution in [0.3, 0.4) is 0 Å². The van der Waals surface area contributed by atoms with Crippen molar-refractivity contribution in [3.63, 3.8) is 0 Å². The van der Waals surface area contributed by atoms with E-state index in [0.717, 1.165) is 103 Å². The first kappa shape index (κ1) is 61.9. The smallest absolute Gasteiger partial charge is 0.390 e. The van der Waals surface area contributed by atoms with Gasteiger partial charge in [-0.15, -0.1) is 0 Å². The molecule has 0 aliphatic rings. The maximum absolute atomic E-state index is 12.9. The Hall–Kier alpha value is -3.14. The van der Waals surface area contributed by atoms with Gasteiger partial charge in [-0.25, -0.2) is 4.57 Å². The van der Waals surface area contributed by atoms with Crippen LogP contribution < -0.4 is 5.32 Å². The summed E-state index contributed by atoms with van der Waals surface area (Å²) < 4.78 is 23.5. The molecule has 0 aliphatic carbocycles. The highest BCUT2D eigenvalue weighted by atomic mass is 31.2. The average Bonchev–Trinajstić information content (AvgIpc) is 3.26. The summed E-state index contributed by atoms with van der Waals surface area (Å²) in [5.74, 6) is -0.304. The zero-order chi connectivity index (χ0) is 48.0. The fraction of sp³-hybridized carbons (Fsp3) is 0.618. The van der Waals surface area contributed by atoms with Gasteiger partial charge >= 0.3 is 7.82 Å². The number of rotatable bonds is 43. The number of nitrogens with zero attached hydrogens (tertiary/aromatic N) is 1. The number of likely N-dealkylation sites (N-methyl/N-ethyl adjacent to an activating group) is 1. The van der Waals surface area contributed by atoms with Crippen molar-refractivity contribution in [1.82, 2.24) is 5.32 Å². The molecule has 0 saturated carbocycles. The van der Waals surface area contributed by atoms with Gasteiger partial charge in [-0.2, -0.15) is 0 Å². The molecule has 0 radical (unpaired) electrons. The molecule has 4 unspecified atom stereocenters. The van der Waals surface area contributed by atoms with Crippen molar-refractivity contribution in [2.45, 2.75) is 180 Å². The van der Waals surface area contributed by atoms with Gasteiger partial charge in [0.05, 0.1) is 39.9 Å². The van der Waals surface area contributed by atoms with Crippen LogP contribution in [0.25, 0.3) is 0 Å². The molecule has 9 nitrogen and oxygen atoms in total. The van der Waals surface area contributed by atoms with E-state index in [9.17, 15) is 24.5 Å². The molecule has 0 aliphatic heterocycles. The van der Waals surface area contributed by atoms with E-state index in [-0.39, 0.29) is 18.9 Å². The molecule has 4 atom stereocenters. The minimum atomic E-state index is -4.45. The lowest BCUT2D eigenvalue weighted by Gasteiger charge is -2.28. The number of amides is 1. The van der Waals surface area contributed by atoms with Gasteiger partial charge in [-0.1, -0.05) is 161 Å². The summed E-state index contributed by atoms with van der Waals surface area (Å²) in [5, 5.41) is 24.6. The fourth-order valence-electron chi connectivity index (χ4n) is 6.29. The summed E-state index contributed by atoms with van der Waals surface area (Å²) in [6.45, 7) is 4.38. The zero-order valence-electron chi connectivity index (χ0n) is 41.5. The van der Waals surface area contributed by atoms with Crippen LogP contribution in [0.15, 0.2) is 122 Å². The van der Waals surface area contributed by atoms with E-state index in [2.05, 4.69) is 141 Å². The number of carbonyl (C=O) groups is 1. The summed E-state index contributed by atoms with van der Waals surface area (Å²) in [5.41, 5.74) is 0. The molecule has 0 saturated heterocycles. The predicted molar refractivity (Wildman–Crippen MR) is 278 cm³/mol. The van der Waals surface area contributed by atoms with Crippen molar-refractivity contribution in [3.05, 3.63) is 122 Å². The molecule has 65 heavy (non-hydrogen) atoms. The molecule has 0 aromatic heterocycles. The van der Waals surface area contributed by atoms with E-state index in [1.165, 1.54) is 19.3 Å². The Morgan fingerprint density at radius 2 is 0.969 bits per heavy atom. The molecule has 0 spiro atoms. The number of hydrogen-bond acceptors (Lipinski definition) is 6. The van der Waals surface area contributed by atoms with Crippen LogP contribution in [0.4, 0.5) is 0 Å². The van der Waals surface area contributed by atoms with Crippen LogP contribution in [-0.4, -0.2) is 84.6 Å². The summed E-state index contributed by atoms with van der Waals surface area (Å²) in [4.78, 5) is 23.2. The van der Waals surface area contributed by atoms with E-state index in [1.54, 1.807) is 0 Å². The molecular formula is C55H94N2O7P+. The van der Waals surface area contributed by atoms with Gasteiger partial charge in [0.25, 0.3) is 0 Å². The first-order valence-electron chi connectivity index (χ1n) is 25.0. The van der Waals surface area contributed by atoms with Crippen LogP contribution >= 0.6 is 7.82 Å². The molecule has 10 heteroatoms. The zero-order valence-corrected chi connectivity index (χ0v) is 42.4. The maximum atomic E-state index is 12.9. The van der Waals surface area contributed by atoms with Gasteiger partial charge in [-0.05, 0) is 116 Å². The monoisotopic (exact) mass is 926 g/mol. The number of unbranched alkanes of at least 4 members (excludes halogenated alkanes) is 9. The van der Waals surface area contributed by atoms with Crippen molar-refractivity contribution in [3.8, 4) is 0 Å². The van der Waals surface area contributed by atoms with Gasteiger partial charge in [0.2, 0.25) is 5.91 Å². The highest BCUT2D eigenvalue weighted by molar-refractivity contribution is 7.47. The van der Waals surface area contributed by atoms with Crippen LogP contribution in [0.5, 0.6) is 0 Å². The standard InChI is InChI=1S/C55H93N2O7P/c1-6-8-10-12-14-16-18-20-21-22-23-24-25-26-27-28-29-30-31-32-33-34-35-36-38-40-42-44-46-48-54(59)56-52(51-64-65(61,62)63-50-49-57(3,4)5)55(60)53(58)47-45-43-41-39-37-19-17-15-13-11-9-7-2/h8,10,14-17,20-21,23-24,26-27,29-30,32-33,35-36,39,41,52-53,55,58,60H,6-7,9,11-13,18-19,22,25,28,31,34,37-38,40,42-51H2,1-5H3,(H-,56,59,61,62)/p+1/b10-8-,16-14-,17-15+,21-20-,24-23-,27-26-,30-29-,33-32-,36-35-,41-39+. The Balaban J connectivity index is 4.45. The van der Waals surface area contributed by atoms with E-state index in [0.29, 0.717) is 30.3 Å². The number of carbonyl (C=O) groups excluding carboxylic acids is 1. The first-order valence-corrected chi connectivity index (χ1v) is 26.5. The predicted octanol–water partition coefficient (Wildman–Crippen LogP) is 13.6. The summed E-state index contributed by atoms with van der Waals surface area (Å²) in [6.07, 6.45) is 62.7. The van der Waals surface area contributed by atoms with Crippen molar-refractivity contribution in [2.75, 3.05) is 40.9 Å². The first-order chi connectivity index (χ1) is 31.4. The average molecular weight is 926 g/mol. The van der Waals surface area contributed by atoms with E-state index in [1.807, 2.05) is 21.1 Å². The normalized spacial score (nSPS) is 15.6. The Bertz CT molecular complexity index is 1480. The number of hydrogen-bond donors (Lipinski definition) is 4. The van der Waals surface area contributed by atoms with Crippen molar-refractivity contribution in [2.24, 2.45) is 0 Å². The summed E-state index contributed by atoms with van der Waals surface area (Å²) >= 11 is 0. The second-order valence-electron chi connectivity index (χ2n) is 17.6. The number of aliphatic hydroxyl groups is 2. The molecule has 0 bridgehead atoms. The third-order valence-electron chi connectivity index (χ3n) is 10.3. The topological polar surface area (TPSA) is 125 Å². The van der Waals surface area contributed by atoms with Crippen molar-refractivity contribution < 1.29 is 38.0 Å². The Morgan fingerprint density at radius 3 is 1.45 bits per heavy atom. The van der Waals surface area contributed by atoms with Crippen LogP contribution in [0.1, 0.15) is 162 Å². The summed E-state index contributed by atoms with van der Waals surface area (Å²) in [7, 11) is 1.37. The number of quaternary nitrogens is 1. The fourth-order valence-corrected chi connectivity index (χ4v) is 7.03. The lowest BCUT2D eigenvalue weighted by atomic mass is 10.0. The Morgan fingerprint density at radius 1 is 0.554 bits per heavy atom. The van der Waals surface area contributed by atoms with E-state index in [4.69, 9.17) is 9.05 Å². The van der Waals surface area contributed by atoms with Gasteiger partial charge < -0.3 is 24.9 Å². The van der Waals surface area contributed by atoms with Crippen LogP contribution in [-0.2, 0) is 18.4 Å². The third kappa shape index (κ3) is 45.8. The van der Waals surface area contributed by atoms with E-state index >= 15 is 0 Å². The highest BCUT2D eigenvalue weighted by Gasteiger charge is 2.31.